The summed E-state index contributed by atoms with van der Waals surface area (Å²) in [5.74, 6) is 8.46. The van der Waals surface area contributed by atoms with Crippen LogP contribution in [-0.4, -0.2) is 98.9 Å². The molecule has 0 N–H and O–H groups in total. The van der Waals surface area contributed by atoms with Gasteiger partial charge in [0.25, 0.3) is 0 Å². The van der Waals surface area contributed by atoms with E-state index in [0.29, 0.717) is 26.4 Å². The van der Waals surface area contributed by atoms with Crippen LogP contribution in [0.3, 0.4) is 0 Å². The molecule has 0 atom stereocenters. The van der Waals surface area contributed by atoms with E-state index in [9.17, 15) is 0 Å². The molecule has 0 aromatic heterocycles. The SMILES string of the molecule is CCSC1=C(SCC)SC(=C2SC3=C(SCCOCCOCCSC4=C(SCCOCCOCCS3)SC(=C3SC5=C(SCCS5)S3)S4)S2)S1. The Morgan fingerprint density at radius 2 is 0.600 bits per heavy atom. The number of hydrogen-bond acceptors (Lipinski definition) is 20. The van der Waals surface area contributed by atoms with Crippen LogP contribution >= 0.6 is 188 Å². The zero-order valence-electron chi connectivity index (χ0n) is 27.5. The molecule has 50 heavy (non-hydrogen) atoms. The minimum Gasteiger partial charge on any atom is -0.378 e. The smallest absolute Gasteiger partial charge is 0.0717 e. The summed E-state index contributed by atoms with van der Waals surface area (Å²) >= 11 is 31.5. The van der Waals surface area contributed by atoms with Crippen molar-refractivity contribution in [2.75, 3.05) is 98.9 Å². The van der Waals surface area contributed by atoms with Gasteiger partial charge in [0, 0.05) is 34.5 Å². The maximum absolute atomic E-state index is 6.01. The van der Waals surface area contributed by atoms with Gasteiger partial charge in [-0.05, 0) is 11.5 Å². The molecule has 0 aromatic rings. The minimum atomic E-state index is 0.641. The van der Waals surface area contributed by atoms with Crippen LogP contribution in [0.15, 0.2) is 50.8 Å². The molecule has 0 spiro atoms. The summed E-state index contributed by atoms with van der Waals surface area (Å²) in [7, 11) is 0. The fourth-order valence-electron chi connectivity index (χ4n) is 4.08. The Labute approximate surface area is 366 Å². The summed E-state index contributed by atoms with van der Waals surface area (Å²) in [6.07, 6.45) is 0. The highest BCUT2D eigenvalue weighted by Gasteiger charge is 2.33. The second kappa shape index (κ2) is 24.7. The van der Waals surface area contributed by atoms with Crippen molar-refractivity contribution in [2.45, 2.75) is 13.8 Å². The lowest BCUT2D eigenvalue weighted by Crippen LogP contribution is -2.08. The van der Waals surface area contributed by atoms with Crippen LogP contribution < -0.4 is 0 Å². The van der Waals surface area contributed by atoms with E-state index in [1.54, 1.807) is 0 Å². The van der Waals surface area contributed by atoms with Crippen molar-refractivity contribution in [3.63, 3.8) is 0 Å². The molecule has 0 aliphatic carbocycles. The molecule has 6 heterocycles. The standard InChI is InChI=1S/C30H38O4S16/c1-3-35-19-20(36-4-2)44-27(43-19)28-45-21-22(46-28)38-14-10-32-6-8-34-12-16-40-24-23(39-15-11-33-7-5-31-9-13-37-21)47-29(48-24)30-49-25-26(50-30)42-18-17-41-25/h3-18H2,1-2H3. The summed E-state index contributed by atoms with van der Waals surface area (Å²) in [5.41, 5.74) is 0. The predicted octanol–water partition coefficient (Wildman–Crippen LogP) is 13.7. The highest BCUT2D eigenvalue weighted by molar-refractivity contribution is 8.46. The molecule has 0 unspecified atom stereocenters. The van der Waals surface area contributed by atoms with E-state index in [2.05, 4.69) is 13.8 Å². The molecule has 0 fully saturated rings. The molecule has 0 aromatic carbocycles. The van der Waals surface area contributed by atoms with Crippen LogP contribution in [0, 0.1) is 0 Å². The van der Waals surface area contributed by atoms with E-state index < -0.39 is 0 Å². The largest absolute Gasteiger partial charge is 0.378 e. The monoisotopic (exact) mass is 974 g/mol. The molecular formula is C30H38O4S16. The third-order valence-corrected chi connectivity index (χ3v) is 29.2. The van der Waals surface area contributed by atoms with Crippen molar-refractivity contribution in [1.82, 2.24) is 0 Å². The van der Waals surface area contributed by atoms with Gasteiger partial charge in [0.15, 0.2) is 0 Å². The molecule has 0 radical (unpaired) electrons. The predicted molar refractivity (Wildman–Crippen MR) is 257 cm³/mol. The molecule has 0 amide bonds. The number of ether oxygens (including phenoxy) is 4. The van der Waals surface area contributed by atoms with Crippen molar-refractivity contribution in [1.29, 1.82) is 0 Å². The molecule has 0 saturated carbocycles. The second-order valence-electron chi connectivity index (χ2n) is 9.67. The summed E-state index contributed by atoms with van der Waals surface area (Å²) in [6, 6.07) is 0. The summed E-state index contributed by atoms with van der Waals surface area (Å²) in [4.78, 5) is 0. The van der Waals surface area contributed by atoms with Crippen LogP contribution in [0.25, 0.3) is 0 Å². The van der Waals surface area contributed by atoms with E-state index in [1.807, 2.05) is 188 Å². The van der Waals surface area contributed by atoms with E-state index in [4.69, 9.17) is 18.9 Å². The lowest BCUT2D eigenvalue weighted by Gasteiger charge is -2.09. The van der Waals surface area contributed by atoms with Gasteiger partial charge in [-0.2, -0.15) is 0 Å². The van der Waals surface area contributed by atoms with Crippen LogP contribution in [0.5, 0.6) is 0 Å². The number of hydrogen-bond donors (Lipinski definition) is 0. The average Bonchev–Trinajstić information content (AvgIpc) is 3.92. The van der Waals surface area contributed by atoms with Gasteiger partial charge >= 0.3 is 0 Å². The molecule has 0 saturated heterocycles. The molecular weight excluding hydrogens is 937 g/mol. The van der Waals surface area contributed by atoms with Gasteiger partial charge in [0.2, 0.25) is 0 Å². The maximum atomic E-state index is 6.01. The van der Waals surface area contributed by atoms with E-state index in [1.165, 1.54) is 62.4 Å². The highest BCUT2D eigenvalue weighted by Crippen LogP contribution is 2.68. The van der Waals surface area contributed by atoms with E-state index in [-0.39, 0.29) is 0 Å². The molecule has 6 aliphatic heterocycles. The van der Waals surface area contributed by atoms with Crippen molar-refractivity contribution in [3.8, 4) is 0 Å². The van der Waals surface area contributed by atoms with Crippen LogP contribution in [0.4, 0.5) is 0 Å². The van der Waals surface area contributed by atoms with Gasteiger partial charge in [0.1, 0.15) is 0 Å². The van der Waals surface area contributed by atoms with Gasteiger partial charge in [-0.3, -0.25) is 0 Å². The van der Waals surface area contributed by atoms with Crippen LogP contribution in [0.2, 0.25) is 0 Å². The molecule has 6 rings (SSSR count). The zero-order chi connectivity index (χ0) is 34.4. The summed E-state index contributed by atoms with van der Waals surface area (Å²) in [6.45, 7) is 9.99. The van der Waals surface area contributed by atoms with Gasteiger partial charge in [-0.25, -0.2) is 0 Å². The minimum absolute atomic E-state index is 0.641. The molecule has 278 valence electrons. The zero-order valence-corrected chi connectivity index (χ0v) is 40.5. The Morgan fingerprint density at radius 3 is 0.880 bits per heavy atom. The van der Waals surface area contributed by atoms with Crippen molar-refractivity contribution in [3.05, 3.63) is 50.8 Å². The molecule has 4 nitrogen and oxygen atoms in total. The van der Waals surface area contributed by atoms with Crippen molar-refractivity contribution < 1.29 is 18.9 Å². The Hall–Kier alpha value is 3.88. The summed E-state index contributed by atoms with van der Waals surface area (Å²) < 4.78 is 41.4. The van der Waals surface area contributed by atoms with Gasteiger partial charge in [0.05, 0.1) is 104 Å². The fraction of sp³-hybridized carbons (Fsp3) is 0.600. The first-order chi connectivity index (χ1) is 24.7. The fourth-order valence-corrected chi connectivity index (χ4v) is 27.7. The first-order valence-electron chi connectivity index (χ1n) is 15.9. The quantitative estimate of drug-likeness (QED) is 0.268. The Kier molecular flexibility index (Phi) is 21.5. The second-order valence-corrected chi connectivity index (χ2v) is 30.1. The van der Waals surface area contributed by atoms with Gasteiger partial charge in [-0.1, -0.05) is 108 Å². The summed E-state index contributed by atoms with van der Waals surface area (Å²) in [5, 5.41) is 0. The van der Waals surface area contributed by atoms with Crippen LogP contribution in [-0.2, 0) is 18.9 Å². The van der Waals surface area contributed by atoms with Gasteiger partial charge < -0.3 is 18.9 Å². The third-order valence-electron chi connectivity index (χ3n) is 6.17. The Bertz CT molecular complexity index is 1280. The Morgan fingerprint density at radius 1 is 0.340 bits per heavy atom. The van der Waals surface area contributed by atoms with Crippen molar-refractivity contribution in [2.24, 2.45) is 0 Å². The third kappa shape index (κ3) is 13.7. The first-order valence-corrected chi connectivity index (χ1v) is 30.3. The highest BCUT2D eigenvalue weighted by atomic mass is 32.3. The topological polar surface area (TPSA) is 36.9 Å². The lowest BCUT2D eigenvalue weighted by molar-refractivity contribution is 0.0605. The number of thioether (sulfide) groups is 16. The van der Waals surface area contributed by atoms with Crippen molar-refractivity contribution >= 4 is 188 Å². The van der Waals surface area contributed by atoms with Crippen LogP contribution in [0.1, 0.15) is 13.8 Å². The van der Waals surface area contributed by atoms with Gasteiger partial charge in [-0.15, -0.1) is 94.1 Å². The normalized spacial score (nSPS) is 25.1. The Balaban J connectivity index is 0.981. The average molecular weight is 976 g/mol. The molecule has 6 aliphatic rings. The molecule has 20 heteroatoms. The lowest BCUT2D eigenvalue weighted by atomic mass is 10.7. The van der Waals surface area contributed by atoms with E-state index in [0.717, 1.165) is 60.9 Å². The number of rotatable bonds is 4. The molecule has 0 bridgehead atoms. The first kappa shape index (κ1) is 43.5. The van der Waals surface area contributed by atoms with E-state index >= 15 is 0 Å². The maximum Gasteiger partial charge on any atom is 0.0717 e.